The third kappa shape index (κ3) is 3.94. The molecule has 2 heterocycles. The lowest BCUT2D eigenvalue weighted by Crippen LogP contribution is -2.44. The molecule has 0 N–H and O–H groups in total. The molecule has 5 heteroatoms. The van der Waals surface area contributed by atoms with Gasteiger partial charge in [0.1, 0.15) is 6.61 Å². The van der Waals surface area contributed by atoms with E-state index in [2.05, 4.69) is 4.90 Å². The zero-order chi connectivity index (χ0) is 12.1. The van der Waals surface area contributed by atoms with E-state index in [4.69, 9.17) is 14.2 Å². The molecule has 0 aliphatic carbocycles. The van der Waals surface area contributed by atoms with Gasteiger partial charge in [-0.25, -0.2) is 4.79 Å². The second kappa shape index (κ2) is 6.33. The van der Waals surface area contributed by atoms with Crippen LogP contribution in [-0.4, -0.2) is 62.5 Å². The summed E-state index contributed by atoms with van der Waals surface area (Å²) in [5, 5.41) is 0. The summed E-state index contributed by atoms with van der Waals surface area (Å²) in [5.74, 6) is -0.283. The van der Waals surface area contributed by atoms with Crippen LogP contribution in [0.4, 0.5) is 0 Å². The summed E-state index contributed by atoms with van der Waals surface area (Å²) < 4.78 is 15.8. The van der Waals surface area contributed by atoms with Crippen molar-refractivity contribution in [2.75, 3.05) is 39.5 Å². The highest BCUT2D eigenvalue weighted by molar-refractivity contribution is 5.70. The van der Waals surface area contributed by atoms with Crippen molar-refractivity contribution in [3.8, 4) is 0 Å². The van der Waals surface area contributed by atoms with Crippen LogP contribution in [-0.2, 0) is 19.0 Å². The van der Waals surface area contributed by atoms with E-state index in [-0.39, 0.29) is 12.6 Å². The Hall–Kier alpha value is -0.650. The van der Waals surface area contributed by atoms with E-state index in [1.807, 2.05) is 0 Å². The number of rotatable bonds is 6. The number of ether oxygens (including phenoxy) is 3. The molecule has 2 fully saturated rings. The van der Waals surface area contributed by atoms with Crippen LogP contribution >= 0.6 is 0 Å². The highest BCUT2D eigenvalue weighted by Crippen LogP contribution is 2.25. The van der Waals surface area contributed by atoms with E-state index in [0.29, 0.717) is 25.4 Å². The highest BCUT2D eigenvalue weighted by Gasteiger charge is 2.33. The molecule has 0 saturated carbocycles. The van der Waals surface area contributed by atoms with E-state index < -0.39 is 0 Å². The van der Waals surface area contributed by atoms with Gasteiger partial charge in [-0.3, -0.25) is 4.90 Å². The Balaban J connectivity index is 1.55. The lowest BCUT2D eigenvalue weighted by molar-refractivity contribution is -0.148. The molecule has 2 aliphatic heterocycles. The predicted octanol–water partition coefficient (Wildman–Crippen LogP) is 0.429. The summed E-state index contributed by atoms with van der Waals surface area (Å²) in [6.07, 6.45) is 3.20. The van der Waals surface area contributed by atoms with Crippen molar-refractivity contribution in [2.45, 2.75) is 32.0 Å². The molecule has 0 radical (unpaired) electrons. The van der Waals surface area contributed by atoms with E-state index in [1.54, 1.807) is 6.92 Å². The molecule has 0 aromatic carbocycles. The van der Waals surface area contributed by atoms with Crippen LogP contribution in [0.5, 0.6) is 0 Å². The molecule has 2 bridgehead atoms. The standard InChI is InChI=1S/C12H21NO4/c1-2-16-12(14)9-15-6-5-13-7-10-3-4-11(8-13)17-10/h10-11H,2-9H2,1H3. The van der Waals surface area contributed by atoms with Gasteiger partial charge in [0.25, 0.3) is 0 Å². The quantitative estimate of drug-likeness (QED) is 0.500. The molecule has 0 amide bonds. The Morgan fingerprint density at radius 2 is 2.06 bits per heavy atom. The minimum absolute atomic E-state index is 0.0606. The average Bonchev–Trinajstić information content (AvgIpc) is 2.65. The van der Waals surface area contributed by atoms with Crippen molar-refractivity contribution < 1.29 is 19.0 Å². The number of carbonyl (C=O) groups excluding carboxylic acids is 1. The van der Waals surface area contributed by atoms with Gasteiger partial charge in [0.05, 0.1) is 25.4 Å². The Bertz CT molecular complexity index is 247. The summed E-state index contributed by atoms with van der Waals surface area (Å²) >= 11 is 0. The zero-order valence-electron chi connectivity index (χ0n) is 10.4. The van der Waals surface area contributed by atoms with Crippen molar-refractivity contribution in [2.24, 2.45) is 0 Å². The van der Waals surface area contributed by atoms with Crippen molar-refractivity contribution in [3.63, 3.8) is 0 Å². The molecular formula is C12H21NO4. The van der Waals surface area contributed by atoms with Crippen LogP contribution in [0.1, 0.15) is 19.8 Å². The first-order valence-electron chi connectivity index (χ1n) is 6.39. The van der Waals surface area contributed by atoms with Crippen molar-refractivity contribution in [3.05, 3.63) is 0 Å². The molecule has 2 rings (SSSR count). The van der Waals surface area contributed by atoms with Crippen LogP contribution in [0.2, 0.25) is 0 Å². The maximum Gasteiger partial charge on any atom is 0.332 e. The van der Waals surface area contributed by atoms with Gasteiger partial charge in [-0.1, -0.05) is 0 Å². The monoisotopic (exact) mass is 243 g/mol. The number of carbonyl (C=O) groups is 1. The zero-order valence-corrected chi connectivity index (χ0v) is 10.4. The minimum atomic E-state index is -0.283. The normalized spacial score (nSPS) is 28.3. The third-order valence-corrected chi connectivity index (χ3v) is 3.20. The second-order valence-corrected chi connectivity index (χ2v) is 4.57. The fraction of sp³-hybridized carbons (Fsp3) is 0.917. The summed E-state index contributed by atoms with van der Waals surface area (Å²) in [5.41, 5.74) is 0. The summed E-state index contributed by atoms with van der Waals surface area (Å²) in [7, 11) is 0. The minimum Gasteiger partial charge on any atom is -0.464 e. The van der Waals surface area contributed by atoms with Crippen molar-refractivity contribution in [1.82, 2.24) is 4.90 Å². The molecule has 2 atom stereocenters. The first kappa shape index (κ1) is 12.8. The Kier molecular flexibility index (Phi) is 4.76. The number of esters is 1. The number of fused-ring (bicyclic) bond motifs is 2. The summed E-state index contributed by atoms with van der Waals surface area (Å²) in [6.45, 7) is 5.72. The highest BCUT2D eigenvalue weighted by atomic mass is 16.6. The Morgan fingerprint density at radius 1 is 1.35 bits per heavy atom. The predicted molar refractivity (Wildman–Crippen MR) is 61.8 cm³/mol. The van der Waals surface area contributed by atoms with Crippen molar-refractivity contribution in [1.29, 1.82) is 0 Å². The molecule has 0 spiro atoms. The lowest BCUT2D eigenvalue weighted by atomic mass is 10.2. The van der Waals surface area contributed by atoms with Crippen LogP contribution < -0.4 is 0 Å². The molecule has 2 unspecified atom stereocenters. The number of hydrogen-bond acceptors (Lipinski definition) is 5. The molecule has 0 aromatic rings. The third-order valence-electron chi connectivity index (χ3n) is 3.20. The summed E-state index contributed by atoms with van der Waals surface area (Å²) in [6, 6.07) is 0. The first-order chi connectivity index (χ1) is 8.28. The fourth-order valence-electron chi connectivity index (χ4n) is 2.43. The molecule has 2 aliphatic rings. The molecule has 5 nitrogen and oxygen atoms in total. The van der Waals surface area contributed by atoms with E-state index in [9.17, 15) is 4.79 Å². The number of nitrogens with zero attached hydrogens (tertiary/aromatic N) is 1. The largest absolute Gasteiger partial charge is 0.464 e. The molecule has 98 valence electrons. The first-order valence-corrected chi connectivity index (χ1v) is 6.39. The van der Waals surface area contributed by atoms with E-state index >= 15 is 0 Å². The molecule has 0 aromatic heterocycles. The van der Waals surface area contributed by atoms with E-state index in [1.165, 1.54) is 12.8 Å². The topological polar surface area (TPSA) is 48.0 Å². The van der Waals surface area contributed by atoms with Gasteiger partial charge < -0.3 is 14.2 Å². The molecule has 17 heavy (non-hydrogen) atoms. The molecule has 2 saturated heterocycles. The van der Waals surface area contributed by atoms with Gasteiger partial charge in [0.15, 0.2) is 0 Å². The van der Waals surface area contributed by atoms with Gasteiger partial charge in [0.2, 0.25) is 0 Å². The Morgan fingerprint density at radius 3 is 2.71 bits per heavy atom. The number of morpholine rings is 1. The Labute approximate surface area is 102 Å². The van der Waals surface area contributed by atoms with Gasteiger partial charge in [-0.2, -0.15) is 0 Å². The maximum atomic E-state index is 11.0. The van der Waals surface area contributed by atoms with Gasteiger partial charge >= 0.3 is 5.97 Å². The van der Waals surface area contributed by atoms with Gasteiger partial charge in [0, 0.05) is 19.6 Å². The van der Waals surface area contributed by atoms with Gasteiger partial charge in [-0.15, -0.1) is 0 Å². The van der Waals surface area contributed by atoms with Crippen LogP contribution in [0.3, 0.4) is 0 Å². The van der Waals surface area contributed by atoms with Gasteiger partial charge in [-0.05, 0) is 19.8 Å². The lowest BCUT2D eigenvalue weighted by Gasteiger charge is -2.31. The fourth-order valence-corrected chi connectivity index (χ4v) is 2.43. The van der Waals surface area contributed by atoms with E-state index in [0.717, 1.165) is 19.6 Å². The average molecular weight is 243 g/mol. The van der Waals surface area contributed by atoms with Crippen LogP contribution in [0.15, 0.2) is 0 Å². The number of likely N-dealkylation sites (tertiary alicyclic amines) is 1. The van der Waals surface area contributed by atoms with Crippen LogP contribution in [0, 0.1) is 0 Å². The van der Waals surface area contributed by atoms with Crippen molar-refractivity contribution >= 4 is 5.97 Å². The smallest absolute Gasteiger partial charge is 0.332 e. The van der Waals surface area contributed by atoms with Crippen LogP contribution in [0.25, 0.3) is 0 Å². The molecular weight excluding hydrogens is 222 g/mol. The summed E-state index contributed by atoms with van der Waals surface area (Å²) in [4.78, 5) is 13.4. The number of hydrogen-bond donors (Lipinski definition) is 0. The maximum absolute atomic E-state index is 11.0. The SMILES string of the molecule is CCOC(=O)COCCN1CC2CCC(C1)O2. The second-order valence-electron chi connectivity index (χ2n) is 4.57.